The molecule has 88 valence electrons. The summed E-state index contributed by atoms with van der Waals surface area (Å²) in [5, 5.41) is 2.02. The molecule has 0 saturated carbocycles. The second-order valence-corrected chi connectivity index (χ2v) is 3.87. The van der Waals surface area contributed by atoms with Crippen molar-refractivity contribution >= 4 is 17.5 Å². The minimum atomic E-state index is -0.561. The summed E-state index contributed by atoms with van der Waals surface area (Å²) in [7, 11) is 0. The normalized spacial score (nSPS) is 11.9. The SMILES string of the molecule is CC(Cl)C(=O)NCCOc1cccc(F)c1. The average Bonchev–Trinajstić information content (AvgIpc) is 2.24. The highest BCUT2D eigenvalue weighted by molar-refractivity contribution is 6.30. The van der Waals surface area contributed by atoms with Gasteiger partial charge < -0.3 is 10.1 Å². The molecule has 3 nitrogen and oxygen atoms in total. The van der Waals surface area contributed by atoms with Gasteiger partial charge in [0, 0.05) is 6.07 Å². The molecule has 0 aliphatic carbocycles. The molecule has 0 aromatic heterocycles. The summed E-state index contributed by atoms with van der Waals surface area (Å²) in [6, 6.07) is 5.83. The fourth-order valence-electron chi connectivity index (χ4n) is 1.04. The van der Waals surface area contributed by atoms with Crippen LogP contribution in [0.15, 0.2) is 24.3 Å². The number of rotatable bonds is 5. The molecule has 0 radical (unpaired) electrons. The largest absolute Gasteiger partial charge is 0.492 e. The molecule has 1 unspecified atom stereocenters. The molecule has 1 N–H and O–H groups in total. The predicted octanol–water partition coefficient (Wildman–Crippen LogP) is 1.95. The molecule has 1 aromatic carbocycles. The Labute approximate surface area is 98.5 Å². The summed E-state index contributed by atoms with van der Waals surface area (Å²) >= 11 is 5.54. The first-order valence-electron chi connectivity index (χ1n) is 4.90. The number of carbonyl (C=O) groups excluding carboxylic acids is 1. The maximum atomic E-state index is 12.7. The van der Waals surface area contributed by atoms with E-state index in [0.29, 0.717) is 12.3 Å². The summed E-state index contributed by atoms with van der Waals surface area (Å²) in [4.78, 5) is 11.0. The highest BCUT2D eigenvalue weighted by atomic mass is 35.5. The van der Waals surface area contributed by atoms with Crippen LogP contribution in [0, 0.1) is 5.82 Å². The van der Waals surface area contributed by atoms with Gasteiger partial charge in [-0.3, -0.25) is 4.79 Å². The van der Waals surface area contributed by atoms with E-state index >= 15 is 0 Å². The second-order valence-electron chi connectivity index (χ2n) is 3.21. The minimum absolute atomic E-state index is 0.246. The Hall–Kier alpha value is -1.29. The van der Waals surface area contributed by atoms with Crippen molar-refractivity contribution in [2.75, 3.05) is 13.2 Å². The quantitative estimate of drug-likeness (QED) is 0.636. The summed E-state index contributed by atoms with van der Waals surface area (Å²) in [6.45, 7) is 2.20. The van der Waals surface area contributed by atoms with Crippen LogP contribution in [0.3, 0.4) is 0 Å². The predicted molar refractivity (Wildman–Crippen MR) is 60.2 cm³/mol. The van der Waals surface area contributed by atoms with Gasteiger partial charge >= 0.3 is 0 Å². The van der Waals surface area contributed by atoms with Crippen LogP contribution in [0.1, 0.15) is 6.92 Å². The second kappa shape index (κ2) is 6.33. The van der Waals surface area contributed by atoms with E-state index in [1.54, 1.807) is 19.1 Å². The van der Waals surface area contributed by atoms with Crippen LogP contribution in [0.2, 0.25) is 0 Å². The maximum absolute atomic E-state index is 12.7. The van der Waals surface area contributed by atoms with Crippen molar-refractivity contribution < 1.29 is 13.9 Å². The monoisotopic (exact) mass is 245 g/mol. The van der Waals surface area contributed by atoms with Gasteiger partial charge in [-0.15, -0.1) is 11.6 Å². The molecule has 16 heavy (non-hydrogen) atoms. The molecule has 0 spiro atoms. The Balaban J connectivity index is 2.23. The van der Waals surface area contributed by atoms with Crippen molar-refractivity contribution in [3.63, 3.8) is 0 Å². The lowest BCUT2D eigenvalue weighted by Crippen LogP contribution is -2.32. The molecular formula is C11H13ClFNO2. The van der Waals surface area contributed by atoms with Crippen molar-refractivity contribution in [3.05, 3.63) is 30.1 Å². The van der Waals surface area contributed by atoms with Crippen LogP contribution in [0.4, 0.5) is 4.39 Å². The van der Waals surface area contributed by atoms with Crippen LogP contribution >= 0.6 is 11.6 Å². The van der Waals surface area contributed by atoms with E-state index in [1.807, 2.05) is 0 Å². The van der Waals surface area contributed by atoms with E-state index in [-0.39, 0.29) is 18.3 Å². The first kappa shape index (κ1) is 12.8. The maximum Gasteiger partial charge on any atom is 0.237 e. The summed E-state index contributed by atoms with van der Waals surface area (Å²) in [5.41, 5.74) is 0. The summed E-state index contributed by atoms with van der Waals surface area (Å²) < 4.78 is 18.0. The highest BCUT2D eigenvalue weighted by Crippen LogP contribution is 2.11. The molecule has 5 heteroatoms. The standard InChI is InChI=1S/C11H13ClFNO2/c1-8(12)11(15)14-5-6-16-10-4-2-3-9(13)7-10/h2-4,7-8H,5-6H2,1H3,(H,14,15). The van der Waals surface area contributed by atoms with E-state index in [0.717, 1.165) is 0 Å². The minimum Gasteiger partial charge on any atom is -0.492 e. The Bertz CT molecular complexity index is 358. The number of benzene rings is 1. The van der Waals surface area contributed by atoms with Gasteiger partial charge in [0.1, 0.15) is 23.6 Å². The Morgan fingerprint density at radius 2 is 2.38 bits per heavy atom. The van der Waals surface area contributed by atoms with Crippen LogP contribution in [-0.2, 0) is 4.79 Å². The zero-order chi connectivity index (χ0) is 12.0. The van der Waals surface area contributed by atoms with E-state index in [2.05, 4.69) is 5.32 Å². The zero-order valence-corrected chi connectivity index (χ0v) is 9.63. The van der Waals surface area contributed by atoms with Crippen molar-refractivity contribution in [3.8, 4) is 5.75 Å². The third kappa shape index (κ3) is 4.49. The van der Waals surface area contributed by atoms with Gasteiger partial charge in [-0.25, -0.2) is 4.39 Å². The number of nitrogens with one attached hydrogen (secondary N) is 1. The van der Waals surface area contributed by atoms with E-state index in [9.17, 15) is 9.18 Å². The fraction of sp³-hybridized carbons (Fsp3) is 0.364. The molecule has 0 saturated heterocycles. The van der Waals surface area contributed by atoms with Gasteiger partial charge in [0.05, 0.1) is 6.54 Å². The van der Waals surface area contributed by atoms with Crippen LogP contribution in [0.5, 0.6) is 5.75 Å². The topological polar surface area (TPSA) is 38.3 Å². The molecule has 1 aromatic rings. The van der Waals surface area contributed by atoms with Crippen LogP contribution in [-0.4, -0.2) is 24.4 Å². The fourth-order valence-corrected chi connectivity index (χ4v) is 1.12. The van der Waals surface area contributed by atoms with Gasteiger partial charge in [-0.2, -0.15) is 0 Å². The first-order chi connectivity index (χ1) is 7.59. The van der Waals surface area contributed by atoms with Crippen molar-refractivity contribution in [1.82, 2.24) is 5.32 Å². The number of halogens is 2. The smallest absolute Gasteiger partial charge is 0.237 e. The summed E-state index contributed by atoms with van der Waals surface area (Å²) in [5.74, 6) is -0.159. The zero-order valence-electron chi connectivity index (χ0n) is 8.87. The number of ether oxygens (including phenoxy) is 1. The number of alkyl halides is 1. The van der Waals surface area contributed by atoms with Crippen molar-refractivity contribution in [1.29, 1.82) is 0 Å². The lowest BCUT2D eigenvalue weighted by atomic mass is 10.3. The summed E-state index contributed by atoms with van der Waals surface area (Å²) in [6.07, 6.45) is 0. The third-order valence-corrected chi connectivity index (χ3v) is 2.03. The molecule has 0 aliphatic heterocycles. The first-order valence-corrected chi connectivity index (χ1v) is 5.33. The van der Waals surface area contributed by atoms with Gasteiger partial charge in [0.15, 0.2) is 0 Å². The molecular weight excluding hydrogens is 233 g/mol. The molecule has 1 amide bonds. The number of carbonyl (C=O) groups is 1. The van der Waals surface area contributed by atoms with Crippen molar-refractivity contribution in [2.24, 2.45) is 0 Å². The van der Waals surface area contributed by atoms with Crippen LogP contribution in [0.25, 0.3) is 0 Å². The molecule has 1 atom stereocenters. The third-order valence-electron chi connectivity index (χ3n) is 1.83. The van der Waals surface area contributed by atoms with Gasteiger partial charge in [0.25, 0.3) is 0 Å². The number of hydrogen-bond donors (Lipinski definition) is 1. The average molecular weight is 246 g/mol. The lowest BCUT2D eigenvalue weighted by molar-refractivity contribution is -0.120. The van der Waals surface area contributed by atoms with E-state index in [4.69, 9.17) is 16.3 Å². The van der Waals surface area contributed by atoms with Gasteiger partial charge in [-0.1, -0.05) is 6.07 Å². The number of hydrogen-bond acceptors (Lipinski definition) is 2. The van der Waals surface area contributed by atoms with E-state index < -0.39 is 5.38 Å². The Morgan fingerprint density at radius 1 is 1.62 bits per heavy atom. The molecule has 0 bridgehead atoms. The molecule has 0 aliphatic rings. The lowest BCUT2D eigenvalue weighted by Gasteiger charge is -2.08. The van der Waals surface area contributed by atoms with Crippen molar-refractivity contribution in [2.45, 2.75) is 12.3 Å². The highest BCUT2D eigenvalue weighted by Gasteiger charge is 2.07. The number of amides is 1. The van der Waals surface area contributed by atoms with Gasteiger partial charge in [-0.05, 0) is 19.1 Å². The molecule has 0 heterocycles. The van der Waals surface area contributed by atoms with E-state index in [1.165, 1.54) is 12.1 Å². The Morgan fingerprint density at radius 3 is 3.00 bits per heavy atom. The Kier molecular flexibility index (Phi) is 5.05. The van der Waals surface area contributed by atoms with Crippen LogP contribution < -0.4 is 10.1 Å². The molecule has 1 rings (SSSR count). The van der Waals surface area contributed by atoms with Gasteiger partial charge in [0.2, 0.25) is 5.91 Å². The molecule has 0 fully saturated rings.